The van der Waals surface area contributed by atoms with Gasteiger partial charge in [-0.15, -0.1) is 0 Å². The Morgan fingerprint density at radius 1 is 1.35 bits per heavy atom. The van der Waals surface area contributed by atoms with Crippen molar-refractivity contribution in [1.29, 1.82) is 0 Å². The number of imidazole rings is 1. The highest BCUT2D eigenvalue weighted by molar-refractivity contribution is 5.83. The standard InChI is InChI=1S/C15H23N7O4/c1-15(2,3)5-18-21-14-19-11(16)8-12(20-14)22(6-17-8)13-10(25)9(24)7(4-23)26-13/h5-7,9-10,13,23-25H,4H2,1-3H3,(H3,16,19,20,21)/b18-5+/t7-,9-,10-,13?/m1/s1. The normalized spacial score (nSPS) is 26.8. The maximum absolute atomic E-state index is 10.2. The molecule has 1 aliphatic heterocycles. The van der Waals surface area contributed by atoms with E-state index in [-0.39, 0.29) is 17.2 Å². The minimum atomic E-state index is -1.25. The van der Waals surface area contributed by atoms with Crippen LogP contribution in [0.2, 0.25) is 0 Å². The molecule has 2 aromatic rings. The van der Waals surface area contributed by atoms with Crippen LogP contribution < -0.4 is 11.2 Å². The average molecular weight is 365 g/mol. The Kier molecular flexibility index (Phi) is 4.80. The summed E-state index contributed by atoms with van der Waals surface area (Å²) in [6, 6.07) is 0. The molecule has 0 aliphatic carbocycles. The van der Waals surface area contributed by atoms with Gasteiger partial charge in [-0.25, -0.2) is 10.4 Å². The SMILES string of the molecule is CC(C)(C)/C=N/Nc1nc(N)c2ncn(C3O[C@H](CO)[C@@H](O)[C@H]3O)c2n1. The van der Waals surface area contributed by atoms with Crippen LogP contribution in [0.1, 0.15) is 27.0 Å². The van der Waals surface area contributed by atoms with Gasteiger partial charge in [0.2, 0.25) is 5.95 Å². The molecule has 1 aliphatic rings. The van der Waals surface area contributed by atoms with Crippen LogP contribution in [0.3, 0.4) is 0 Å². The summed E-state index contributed by atoms with van der Waals surface area (Å²) in [5.41, 5.74) is 9.16. The number of nitrogens with zero attached hydrogens (tertiary/aromatic N) is 5. The van der Waals surface area contributed by atoms with E-state index in [2.05, 4.69) is 25.5 Å². The lowest BCUT2D eigenvalue weighted by molar-refractivity contribution is -0.0511. The lowest BCUT2D eigenvalue weighted by atomic mass is 9.99. The minimum Gasteiger partial charge on any atom is -0.394 e. The molecule has 0 amide bonds. The molecular weight excluding hydrogens is 342 g/mol. The Balaban J connectivity index is 1.94. The van der Waals surface area contributed by atoms with Crippen molar-refractivity contribution in [2.45, 2.75) is 45.3 Å². The Labute approximate surface area is 149 Å². The first-order valence-corrected chi connectivity index (χ1v) is 8.14. The van der Waals surface area contributed by atoms with Crippen LogP contribution in [0.4, 0.5) is 11.8 Å². The number of nitrogens with one attached hydrogen (secondary N) is 1. The summed E-state index contributed by atoms with van der Waals surface area (Å²) >= 11 is 0. The predicted octanol–water partition coefficient (Wildman–Crippen LogP) is -0.536. The van der Waals surface area contributed by atoms with Gasteiger partial charge in [-0.05, 0) is 5.41 Å². The van der Waals surface area contributed by atoms with Crippen LogP contribution in [0.15, 0.2) is 11.4 Å². The third-order valence-electron chi connectivity index (χ3n) is 3.86. The highest BCUT2D eigenvalue weighted by Gasteiger charge is 2.44. The molecule has 11 heteroatoms. The number of fused-ring (bicyclic) bond motifs is 1. The average Bonchev–Trinajstić information content (AvgIpc) is 3.09. The number of nitrogen functional groups attached to an aromatic ring is 1. The van der Waals surface area contributed by atoms with E-state index in [9.17, 15) is 15.3 Å². The summed E-state index contributed by atoms with van der Waals surface area (Å²) in [5.74, 6) is 0.290. The van der Waals surface area contributed by atoms with Crippen molar-refractivity contribution in [3.63, 3.8) is 0 Å². The number of aliphatic hydroxyl groups excluding tert-OH is 3. The van der Waals surface area contributed by atoms with E-state index in [0.29, 0.717) is 11.2 Å². The molecule has 6 N–H and O–H groups in total. The molecule has 0 saturated carbocycles. The molecule has 4 atom stereocenters. The molecule has 1 saturated heterocycles. The second-order valence-electron chi connectivity index (χ2n) is 7.22. The summed E-state index contributed by atoms with van der Waals surface area (Å²) in [6.07, 6.45) is -1.25. The number of rotatable bonds is 4. The van der Waals surface area contributed by atoms with Crippen molar-refractivity contribution in [2.24, 2.45) is 10.5 Å². The highest BCUT2D eigenvalue weighted by Crippen LogP contribution is 2.32. The van der Waals surface area contributed by atoms with Crippen LogP contribution >= 0.6 is 0 Å². The summed E-state index contributed by atoms with van der Waals surface area (Å²) in [6.45, 7) is 5.56. The number of ether oxygens (including phenoxy) is 1. The Bertz CT molecular complexity index is 816. The lowest BCUT2D eigenvalue weighted by Crippen LogP contribution is -2.33. The molecule has 2 aromatic heterocycles. The van der Waals surface area contributed by atoms with Crippen LogP contribution in [0.5, 0.6) is 0 Å². The Hall–Kier alpha value is -2.34. The van der Waals surface area contributed by atoms with Gasteiger partial charge in [-0.3, -0.25) is 4.57 Å². The van der Waals surface area contributed by atoms with Gasteiger partial charge in [0.25, 0.3) is 0 Å². The van der Waals surface area contributed by atoms with Crippen LogP contribution in [0, 0.1) is 5.41 Å². The van der Waals surface area contributed by atoms with Crippen molar-refractivity contribution < 1.29 is 20.1 Å². The first-order valence-electron chi connectivity index (χ1n) is 8.14. The smallest absolute Gasteiger partial charge is 0.247 e. The van der Waals surface area contributed by atoms with Crippen molar-refractivity contribution in [3.8, 4) is 0 Å². The summed E-state index contributed by atoms with van der Waals surface area (Å²) in [5, 5.41) is 33.5. The molecule has 0 aromatic carbocycles. The van der Waals surface area contributed by atoms with Gasteiger partial charge in [0.1, 0.15) is 23.8 Å². The number of hydrazone groups is 1. The molecule has 142 valence electrons. The molecule has 0 spiro atoms. The second kappa shape index (κ2) is 6.76. The van der Waals surface area contributed by atoms with Crippen molar-refractivity contribution in [3.05, 3.63) is 6.33 Å². The van der Waals surface area contributed by atoms with Crippen molar-refractivity contribution >= 4 is 29.1 Å². The molecule has 1 fully saturated rings. The maximum atomic E-state index is 10.2. The molecule has 1 unspecified atom stereocenters. The number of aromatic nitrogens is 4. The van der Waals surface area contributed by atoms with Gasteiger partial charge < -0.3 is 25.8 Å². The lowest BCUT2D eigenvalue weighted by Gasteiger charge is -2.16. The molecule has 11 nitrogen and oxygen atoms in total. The summed E-state index contributed by atoms with van der Waals surface area (Å²) < 4.78 is 6.95. The monoisotopic (exact) mass is 365 g/mol. The number of anilines is 2. The van der Waals surface area contributed by atoms with Crippen molar-refractivity contribution in [1.82, 2.24) is 19.5 Å². The predicted molar refractivity (Wildman–Crippen MR) is 94.3 cm³/mol. The molecule has 3 heterocycles. The summed E-state index contributed by atoms with van der Waals surface area (Å²) in [7, 11) is 0. The quantitative estimate of drug-likeness (QED) is 0.353. The van der Waals surface area contributed by atoms with E-state index in [1.165, 1.54) is 10.9 Å². The molecule has 26 heavy (non-hydrogen) atoms. The first-order chi connectivity index (χ1) is 12.2. The van der Waals surface area contributed by atoms with E-state index in [1.807, 2.05) is 20.8 Å². The fourth-order valence-electron chi connectivity index (χ4n) is 2.57. The van der Waals surface area contributed by atoms with E-state index >= 15 is 0 Å². The molecular formula is C15H23N7O4. The Morgan fingerprint density at radius 2 is 2.08 bits per heavy atom. The van der Waals surface area contributed by atoms with Crippen LogP contribution in [-0.4, -0.2) is 66.0 Å². The highest BCUT2D eigenvalue weighted by atomic mass is 16.6. The topological polar surface area (TPSA) is 164 Å². The zero-order valence-corrected chi connectivity index (χ0v) is 14.7. The van der Waals surface area contributed by atoms with Gasteiger partial charge in [0, 0.05) is 6.21 Å². The van der Waals surface area contributed by atoms with E-state index in [1.54, 1.807) is 6.21 Å². The summed E-state index contributed by atoms with van der Waals surface area (Å²) in [4.78, 5) is 12.6. The third kappa shape index (κ3) is 3.46. The second-order valence-corrected chi connectivity index (χ2v) is 7.22. The van der Waals surface area contributed by atoms with Crippen LogP contribution in [0.25, 0.3) is 11.2 Å². The van der Waals surface area contributed by atoms with Gasteiger partial charge in [-0.1, -0.05) is 20.8 Å². The number of nitrogens with two attached hydrogens (primary N) is 1. The zero-order valence-electron chi connectivity index (χ0n) is 14.7. The molecule has 0 bridgehead atoms. The van der Waals surface area contributed by atoms with Gasteiger partial charge >= 0.3 is 0 Å². The van der Waals surface area contributed by atoms with E-state index in [4.69, 9.17) is 10.5 Å². The third-order valence-corrected chi connectivity index (χ3v) is 3.86. The number of hydrogen-bond acceptors (Lipinski definition) is 10. The van der Waals surface area contributed by atoms with Crippen molar-refractivity contribution in [2.75, 3.05) is 17.8 Å². The Morgan fingerprint density at radius 3 is 2.69 bits per heavy atom. The van der Waals surface area contributed by atoms with Gasteiger partial charge in [-0.2, -0.15) is 15.1 Å². The van der Waals surface area contributed by atoms with E-state index < -0.39 is 31.1 Å². The van der Waals surface area contributed by atoms with Gasteiger partial charge in [0.05, 0.1) is 12.9 Å². The number of aliphatic hydroxyl groups is 3. The van der Waals surface area contributed by atoms with Gasteiger partial charge in [0.15, 0.2) is 17.7 Å². The maximum Gasteiger partial charge on any atom is 0.247 e. The molecule has 0 radical (unpaired) electrons. The van der Waals surface area contributed by atoms with E-state index in [0.717, 1.165) is 0 Å². The number of hydrogen-bond donors (Lipinski definition) is 5. The molecule has 3 rings (SSSR count). The van der Waals surface area contributed by atoms with Crippen LogP contribution in [-0.2, 0) is 4.74 Å². The minimum absolute atomic E-state index is 0.123. The first kappa shape index (κ1) is 18.5. The fourth-order valence-corrected chi connectivity index (χ4v) is 2.57. The zero-order chi connectivity index (χ0) is 19.1. The fraction of sp³-hybridized carbons (Fsp3) is 0.600. The largest absolute Gasteiger partial charge is 0.394 e.